The highest BCUT2D eigenvalue weighted by atomic mass is 19.4. The fraction of sp³-hybridized carbons (Fsp3) is 0.304. The van der Waals surface area contributed by atoms with Gasteiger partial charge in [0.05, 0.1) is 0 Å². The van der Waals surface area contributed by atoms with Gasteiger partial charge in [-0.05, 0) is 57.0 Å². The molecule has 0 aliphatic heterocycles. The van der Waals surface area contributed by atoms with Crippen molar-refractivity contribution in [2.75, 3.05) is 10.6 Å². The molecular formula is C23H25F3N4O. The molecule has 1 heterocycles. The molecule has 3 aromatic rings. The van der Waals surface area contributed by atoms with Crippen LogP contribution >= 0.6 is 0 Å². The summed E-state index contributed by atoms with van der Waals surface area (Å²) in [6, 6.07) is 14.3. The maximum atomic E-state index is 13.5. The zero-order valence-corrected chi connectivity index (χ0v) is 17.8. The quantitative estimate of drug-likeness (QED) is 0.454. The van der Waals surface area contributed by atoms with E-state index in [9.17, 15) is 13.2 Å². The molecule has 0 unspecified atom stereocenters. The lowest BCUT2D eigenvalue weighted by atomic mass is 10.1. The lowest BCUT2D eigenvalue weighted by molar-refractivity contribution is -0.137. The van der Waals surface area contributed by atoms with Crippen molar-refractivity contribution < 1.29 is 17.9 Å². The zero-order chi connectivity index (χ0) is 22.6. The van der Waals surface area contributed by atoms with Gasteiger partial charge in [0.2, 0.25) is 5.95 Å². The molecule has 0 bridgehead atoms. The van der Waals surface area contributed by atoms with Crippen LogP contribution in [0.3, 0.4) is 0 Å². The Balaban J connectivity index is 1.90. The number of aromatic nitrogens is 2. The number of nitrogens with one attached hydrogen (secondary N) is 2. The maximum absolute atomic E-state index is 13.5. The van der Waals surface area contributed by atoms with Crippen molar-refractivity contribution >= 4 is 23.1 Å². The number of nitrogens with zero attached hydrogens (tertiary/aromatic N) is 2. The molecule has 1 aromatic heterocycles. The maximum Gasteiger partial charge on any atom is 0.421 e. The lowest BCUT2D eigenvalue weighted by Crippen LogP contribution is -2.22. The number of hydrogen-bond donors (Lipinski definition) is 2. The van der Waals surface area contributed by atoms with E-state index in [-0.39, 0.29) is 11.8 Å². The van der Waals surface area contributed by atoms with Gasteiger partial charge in [-0.3, -0.25) is 0 Å². The summed E-state index contributed by atoms with van der Waals surface area (Å²) < 4.78 is 46.4. The third kappa shape index (κ3) is 6.34. The van der Waals surface area contributed by atoms with Crippen LogP contribution in [0.5, 0.6) is 5.75 Å². The summed E-state index contributed by atoms with van der Waals surface area (Å²) in [6.07, 6.45) is -2.94. The van der Waals surface area contributed by atoms with E-state index >= 15 is 0 Å². The van der Waals surface area contributed by atoms with Crippen LogP contribution in [0.2, 0.25) is 0 Å². The van der Waals surface area contributed by atoms with Crippen molar-refractivity contribution in [3.8, 4) is 5.75 Å². The number of halogens is 3. The molecule has 5 nitrogen and oxygen atoms in total. The Morgan fingerprint density at radius 3 is 2.26 bits per heavy atom. The van der Waals surface area contributed by atoms with E-state index in [0.29, 0.717) is 17.1 Å². The minimum absolute atomic E-state index is 0.0573. The molecule has 8 heteroatoms. The van der Waals surface area contributed by atoms with Crippen LogP contribution in [0.15, 0.2) is 54.7 Å². The molecule has 0 spiro atoms. The molecule has 31 heavy (non-hydrogen) atoms. The summed E-state index contributed by atoms with van der Waals surface area (Å²) in [5.41, 5.74) is 0.863. The molecule has 164 valence electrons. The Bertz CT molecular complexity index is 1030. The minimum atomic E-state index is -4.61. The molecule has 0 fully saturated rings. The Kier molecular flexibility index (Phi) is 6.38. The average Bonchev–Trinajstić information content (AvgIpc) is 2.67. The Morgan fingerprint density at radius 2 is 1.65 bits per heavy atom. The van der Waals surface area contributed by atoms with Gasteiger partial charge in [-0.2, -0.15) is 18.2 Å². The van der Waals surface area contributed by atoms with Gasteiger partial charge in [0, 0.05) is 23.6 Å². The predicted octanol–water partition coefficient (Wildman–Crippen LogP) is 6.72. The summed E-state index contributed by atoms with van der Waals surface area (Å²) in [7, 11) is 0. The van der Waals surface area contributed by atoms with Gasteiger partial charge >= 0.3 is 6.18 Å². The summed E-state index contributed by atoms with van der Waals surface area (Å²) in [4.78, 5) is 7.93. The molecular weight excluding hydrogens is 405 g/mol. The third-order valence-corrected chi connectivity index (χ3v) is 4.23. The van der Waals surface area contributed by atoms with E-state index in [1.807, 2.05) is 52.0 Å². The Hall–Kier alpha value is -3.29. The second-order valence-electron chi connectivity index (χ2n) is 8.00. The van der Waals surface area contributed by atoms with Gasteiger partial charge < -0.3 is 15.4 Å². The third-order valence-electron chi connectivity index (χ3n) is 4.23. The van der Waals surface area contributed by atoms with Crippen LogP contribution in [0.4, 0.5) is 36.3 Å². The number of benzene rings is 2. The molecule has 0 aliphatic carbocycles. The normalized spacial score (nSPS) is 11.8. The number of anilines is 4. The van der Waals surface area contributed by atoms with E-state index in [2.05, 4.69) is 20.6 Å². The molecule has 0 saturated heterocycles. The Morgan fingerprint density at radius 1 is 0.935 bits per heavy atom. The fourth-order valence-electron chi connectivity index (χ4n) is 2.83. The minimum Gasteiger partial charge on any atom is -0.488 e. The smallest absolute Gasteiger partial charge is 0.421 e. The van der Waals surface area contributed by atoms with E-state index in [0.717, 1.165) is 18.2 Å². The first kappa shape index (κ1) is 22.4. The molecule has 0 radical (unpaired) electrons. The molecule has 3 rings (SSSR count). The van der Waals surface area contributed by atoms with Gasteiger partial charge in [-0.15, -0.1) is 0 Å². The monoisotopic (exact) mass is 430 g/mol. The van der Waals surface area contributed by atoms with Crippen molar-refractivity contribution in [2.24, 2.45) is 0 Å². The van der Waals surface area contributed by atoms with Gasteiger partial charge in [0.1, 0.15) is 22.7 Å². The molecule has 0 amide bonds. The summed E-state index contributed by atoms with van der Waals surface area (Å²) >= 11 is 0. The van der Waals surface area contributed by atoms with Crippen molar-refractivity contribution in [1.82, 2.24) is 9.97 Å². The topological polar surface area (TPSA) is 59.1 Å². The highest BCUT2D eigenvalue weighted by Gasteiger charge is 2.35. The summed E-state index contributed by atoms with van der Waals surface area (Å²) in [5.74, 6) is 0.249. The molecule has 2 aromatic carbocycles. The number of aryl methyl sites for hydroxylation is 1. The molecule has 0 atom stereocenters. The summed E-state index contributed by atoms with van der Waals surface area (Å²) in [6.45, 7) is 7.72. The van der Waals surface area contributed by atoms with Crippen LogP contribution in [0, 0.1) is 0 Å². The number of rotatable bonds is 6. The largest absolute Gasteiger partial charge is 0.488 e. The first-order valence-corrected chi connectivity index (χ1v) is 9.90. The average molecular weight is 430 g/mol. The van der Waals surface area contributed by atoms with Gasteiger partial charge in [-0.25, -0.2) is 4.98 Å². The van der Waals surface area contributed by atoms with Crippen LogP contribution < -0.4 is 15.4 Å². The van der Waals surface area contributed by atoms with E-state index in [4.69, 9.17) is 4.74 Å². The van der Waals surface area contributed by atoms with Gasteiger partial charge in [0.15, 0.2) is 0 Å². The highest BCUT2D eigenvalue weighted by Crippen LogP contribution is 2.36. The van der Waals surface area contributed by atoms with Crippen LogP contribution in [-0.2, 0) is 12.6 Å². The standard InChI is InChI=1S/C23H25F3N4O/c1-5-15-9-11-16(12-10-15)29-21-27-14-19(23(24,25)26)20(30-21)28-17-7-6-8-18(13-17)31-22(2,3)4/h6-14H,5H2,1-4H3,(H2,27,28,29,30). The van der Waals surface area contributed by atoms with Crippen molar-refractivity contribution in [3.63, 3.8) is 0 Å². The highest BCUT2D eigenvalue weighted by molar-refractivity contribution is 5.64. The summed E-state index contributed by atoms with van der Waals surface area (Å²) in [5, 5.41) is 5.71. The number of ether oxygens (including phenoxy) is 1. The first-order chi connectivity index (χ1) is 14.5. The fourth-order valence-corrected chi connectivity index (χ4v) is 2.83. The van der Waals surface area contributed by atoms with Crippen molar-refractivity contribution in [1.29, 1.82) is 0 Å². The Labute approximate surface area is 179 Å². The van der Waals surface area contributed by atoms with E-state index in [1.165, 1.54) is 0 Å². The van der Waals surface area contributed by atoms with E-state index < -0.39 is 17.3 Å². The van der Waals surface area contributed by atoms with Crippen molar-refractivity contribution in [2.45, 2.75) is 45.9 Å². The van der Waals surface area contributed by atoms with Crippen LogP contribution in [0.25, 0.3) is 0 Å². The zero-order valence-electron chi connectivity index (χ0n) is 17.8. The SMILES string of the molecule is CCc1ccc(Nc2ncc(C(F)(F)F)c(Nc3cccc(OC(C)(C)C)c3)n2)cc1. The number of hydrogen-bond acceptors (Lipinski definition) is 5. The molecule has 2 N–H and O–H groups in total. The van der Waals surface area contributed by atoms with Crippen molar-refractivity contribution in [3.05, 3.63) is 65.9 Å². The number of alkyl halides is 3. The van der Waals surface area contributed by atoms with E-state index in [1.54, 1.807) is 24.3 Å². The van der Waals surface area contributed by atoms with Crippen LogP contribution in [0.1, 0.15) is 38.8 Å². The first-order valence-electron chi connectivity index (χ1n) is 9.90. The molecule has 0 saturated carbocycles. The predicted molar refractivity (Wildman–Crippen MR) is 116 cm³/mol. The van der Waals surface area contributed by atoms with Gasteiger partial charge in [0.25, 0.3) is 0 Å². The van der Waals surface area contributed by atoms with Crippen LogP contribution in [-0.4, -0.2) is 15.6 Å². The van der Waals surface area contributed by atoms with Gasteiger partial charge in [-0.1, -0.05) is 25.1 Å². The second-order valence-corrected chi connectivity index (χ2v) is 8.00. The second kappa shape index (κ2) is 8.83. The molecule has 0 aliphatic rings. The lowest BCUT2D eigenvalue weighted by Gasteiger charge is -2.22.